The van der Waals surface area contributed by atoms with Gasteiger partial charge in [0.2, 0.25) is 11.8 Å². The summed E-state index contributed by atoms with van der Waals surface area (Å²) in [5.41, 5.74) is 2.57. The third-order valence-electron chi connectivity index (χ3n) is 7.84. The number of carbonyl (C=O) groups is 2. The summed E-state index contributed by atoms with van der Waals surface area (Å²) in [6, 6.07) is 26.2. The minimum Gasteiger partial charge on any atom is -0.497 e. The second-order valence-electron chi connectivity index (χ2n) is 11.3. The van der Waals surface area contributed by atoms with E-state index in [4.69, 9.17) is 27.9 Å². The molecular formula is C36H39Cl2N3O5S. The third kappa shape index (κ3) is 9.28. The Hall–Kier alpha value is -4.05. The number of halogens is 2. The van der Waals surface area contributed by atoms with Gasteiger partial charge in [-0.15, -0.1) is 0 Å². The summed E-state index contributed by atoms with van der Waals surface area (Å²) < 4.78 is 34.8. The van der Waals surface area contributed by atoms with Crippen molar-refractivity contribution in [1.82, 2.24) is 10.2 Å². The van der Waals surface area contributed by atoms with Gasteiger partial charge in [-0.2, -0.15) is 0 Å². The van der Waals surface area contributed by atoms with Gasteiger partial charge in [0.05, 0.1) is 27.7 Å². The van der Waals surface area contributed by atoms with E-state index in [1.807, 2.05) is 57.2 Å². The van der Waals surface area contributed by atoms with E-state index in [9.17, 15) is 18.0 Å². The fourth-order valence-corrected chi connectivity index (χ4v) is 6.67. The second-order valence-corrected chi connectivity index (χ2v) is 14.0. The van der Waals surface area contributed by atoms with Crippen molar-refractivity contribution in [2.75, 3.05) is 18.0 Å². The van der Waals surface area contributed by atoms with Crippen LogP contribution in [0.25, 0.3) is 0 Å². The maximum absolute atomic E-state index is 14.6. The molecule has 4 aromatic carbocycles. The van der Waals surface area contributed by atoms with Crippen molar-refractivity contribution in [3.05, 3.63) is 124 Å². The van der Waals surface area contributed by atoms with Crippen LogP contribution in [0.1, 0.15) is 37.0 Å². The number of hydrogen-bond donors (Lipinski definition) is 1. The van der Waals surface area contributed by atoms with E-state index in [2.05, 4.69) is 5.32 Å². The number of amides is 2. The van der Waals surface area contributed by atoms with Crippen molar-refractivity contribution >= 4 is 50.7 Å². The number of carbonyl (C=O) groups excluding carboxylic acids is 2. The highest BCUT2D eigenvalue weighted by Gasteiger charge is 2.35. The van der Waals surface area contributed by atoms with Crippen molar-refractivity contribution in [3.8, 4) is 5.75 Å². The Balaban J connectivity index is 1.83. The van der Waals surface area contributed by atoms with Crippen LogP contribution in [-0.2, 0) is 32.6 Å². The molecule has 0 heterocycles. The summed E-state index contributed by atoms with van der Waals surface area (Å²) in [4.78, 5) is 30.0. The third-order valence-corrected chi connectivity index (χ3v) is 10.4. The molecule has 0 radical (unpaired) electrons. The Morgan fingerprint density at radius 2 is 1.55 bits per heavy atom. The Morgan fingerprint density at radius 1 is 0.872 bits per heavy atom. The first-order valence-corrected chi connectivity index (χ1v) is 17.4. The topological polar surface area (TPSA) is 96.0 Å². The molecule has 0 spiro atoms. The summed E-state index contributed by atoms with van der Waals surface area (Å²) in [6.45, 7) is 5.11. The summed E-state index contributed by atoms with van der Waals surface area (Å²) in [7, 11) is -2.73. The van der Waals surface area contributed by atoms with Gasteiger partial charge in [0.25, 0.3) is 10.0 Å². The number of benzene rings is 4. The molecule has 4 aromatic rings. The maximum atomic E-state index is 14.6. The molecule has 0 fully saturated rings. The van der Waals surface area contributed by atoms with Crippen molar-refractivity contribution in [1.29, 1.82) is 0 Å². The van der Waals surface area contributed by atoms with Gasteiger partial charge in [0, 0.05) is 19.0 Å². The van der Waals surface area contributed by atoms with Crippen LogP contribution in [0.15, 0.2) is 102 Å². The predicted molar refractivity (Wildman–Crippen MR) is 188 cm³/mol. The molecule has 0 unspecified atom stereocenters. The lowest BCUT2D eigenvalue weighted by Crippen LogP contribution is -2.54. The minimum absolute atomic E-state index is 0.00309. The van der Waals surface area contributed by atoms with Gasteiger partial charge < -0.3 is 15.0 Å². The molecule has 4 rings (SSSR count). The highest BCUT2D eigenvalue weighted by molar-refractivity contribution is 7.92. The van der Waals surface area contributed by atoms with E-state index >= 15 is 0 Å². The molecule has 1 N–H and O–H groups in total. The molecule has 8 nitrogen and oxygen atoms in total. The Kier molecular flexibility index (Phi) is 12.3. The average Bonchev–Trinajstić information content (AvgIpc) is 3.07. The van der Waals surface area contributed by atoms with Gasteiger partial charge in [0.15, 0.2) is 0 Å². The number of rotatable bonds is 14. The summed E-state index contributed by atoms with van der Waals surface area (Å²) in [5.74, 6) is -0.352. The number of sulfonamides is 1. The molecular weight excluding hydrogens is 657 g/mol. The van der Waals surface area contributed by atoms with Gasteiger partial charge in [-0.05, 0) is 73.9 Å². The molecule has 0 aliphatic carbocycles. The van der Waals surface area contributed by atoms with E-state index in [-0.39, 0.29) is 45.5 Å². The quantitative estimate of drug-likeness (QED) is 0.152. The number of hydrogen-bond acceptors (Lipinski definition) is 5. The van der Waals surface area contributed by atoms with E-state index in [1.165, 1.54) is 35.2 Å². The monoisotopic (exact) mass is 695 g/mol. The van der Waals surface area contributed by atoms with E-state index in [0.29, 0.717) is 17.7 Å². The first kappa shape index (κ1) is 35.8. The van der Waals surface area contributed by atoms with Crippen molar-refractivity contribution in [2.24, 2.45) is 0 Å². The summed E-state index contributed by atoms with van der Waals surface area (Å²) >= 11 is 12.5. The number of methoxy groups -OCH3 is 1. The van der Waals surface area contributed by atoms with Crippen LogP contribution in [0, 0.1) is 6.92 Å². The molecule has 11 heteroatoms. The Labute approximate surface area is 287 Å². The molecule has 0 aliphatic heterocycles. The molecule has 47 heavy (non-hydrogen) atoms. The summed E-state index contributed by atoms with van der Waals surface area (Å²) in [5, 5.41) is 3.40. The number of nitrogens with zero attached hydrogens (tertiary/aromatic N) is 2. The van der Waals surface area contributed by atoms with E-state index in [1.54, 1.807) is 37.4 Å². The second kappa shape index (κ2) is 16.2. The van der Waals surface area contributed by atoms with Crippen LogP contribution < -0.4 is 14.4 Å². The van der Waals surface area contributed by atoms with Gasteiger partial charge in [-0.3, -0.25) is 13.9 Å². The number of anilines is 1. The lowest BCUT2D eigenvalue weighted by atomic mass is 10.0. The molecule has 0 aromatic heterocycles. The lowest BCUT2D eigenvalue weighted by molar-refractivity contribution is -0.140. The number of nitrogens with one attached hydrogen (secondary N) is 1. The van der Waals surface area contributed by atoms with Gasteiger partial charge in [-0.25, -0.2) is 8.42 Å². The van der Waals surface area contributed by atoms with Crippen LogP contribution >= 0.6 is 23.2 Å². The molecule has 0 saturated heterocycles. The van der Waals surface area contributed by atoms with Crippen molar-refractivity contribution in [3.63, 3.8) is 0 Å². The van der Waals surface area contributed by atoms with Crippen LogP contribution in [0.2, 0.25) is 10.0 Å². The highest BCUT2D eigenvalue weighted by Crippen LogP contribution is 2.31. The van der Waals surface area contributed by atoms with E-state index in [0.717, 1.165) is 15.4 Å². The fourth-order valence-electron chi connectivity index (χ4n) is 4.97. The highest BCUT2D eigenvalue weighted by atomic mass is 35.5. The van der Waals surface area contributed by atoms with Crippen LogP contribution in [-0.4, -0.2) is 50.9 Å². The maximum Gasteiger partial charge on any atom is 0.264 e. The minimum atomic E-state index is -4.28. The molecule has 2 amide bonds. The molecule has 0 bridgehead atoms. The Morgan fingerprint density at radius 3 is 2.19 bits per heavy atom. The molecule has 0 saturated carbocycles. The largest absolute Gasteiger partial charge is 0.497 e. The SMILES string of the molecule is CC[C@H](C)NC(=O)[C@H](Cc1ccccc1)N(Cc1cccc(OC)c1)C(=O)CN(c1ccc(Cl)c(Cl)c1)S(=O)(=O)c1ccc(C)cc1. The van der Waals surface area contributed by atoms with Crippen LogP contribution in [0.4, 0.5) is 5.69 Å². The van der Waals surface area contributed by atoms with Gasteiger partial charge in [0.1, 0.15) is 18.3 Å². The molecule has 248 valence electrons. The van der Waals surface area contributed by atoms with Crippen LogP contribution in [0.5, 0.6) is 5.75 Å². The van der Waals surface area contributed by atoms with E-state index < -0.39 is 28.5 Å². The zero-order valence-corrected chi connectivity index (χ0v) is 29.1. The predicted octanol–water partition coefficient (Wildman–Crippen LogP) is 7.06. The first-order chi connectivity index (χ1) is 22.4. The van der Waals surface area contributed by atoms with Crippen LogP contribution in [0.3, 0.4) is 0 Å². The first-order valence-electron chi connectivity index (χ1n) is 15.2. The molecule has 0 aliphatic rings. The van der Waals surface area contributed by atoms with Crippen molar-refractivity contribution < 1.29 is 22.7 Å². The smallest absolute Gasteiger partial charge is 0.264 e. The zero-order valence-electron chi connectivity index (χ0n) is 26.8. The Bertz CT molecular complexity index is 1790. The number of ether oxygens (including phenoxy) is 1. The fraction of sp³-hybridized carbons (Fsp3) is 0.278. The standard InChI is InChI=1S/C36H39Cl2N3O5S/c1-5-26(3)39-36(43)34(21-27-10-7-6-8-11-27)40(23-28-12-9-13-30(20-28)46-4)35(42)24-41(29-16-19-32(37)33(38)22-29)47(44,45)31-17-14-25(2)15-18-31/h6-20,22,26,34H,5,21,23-24H2,1-4H3,(H,39,43)/t26-,34-/m0/s1. The normalized spacial score (nSPS) is 12.6. The molecule has 2 atom stereocenters. The summed E-state index contributed by atoms with van der Waals surface area (Å²) in [6.07, 6.45) is 0.893. The lowest BCUT2D eigenvalue weighted by Gasteiger charge is -2.34. The van der Waals surface area contributed by atoms with Gasteiger partial charge in [-0.1, -0.05) is 90.3 Å². The number of aryl methyl sites for hydroxylation is 1. The average molecular weight is 697 g/mol. The zero-order chi connectivity index (χ0) is 34.1. The van der Waals surface area contributed by atoms with Crippen molar-refractivity contribution in [2.45, 2.75) is 57.1 Å². The van der Waals surface area contributed by atoms with Gasteiger partial charge >= 0.3 is 0 Å².